The number of H-pyrrole nitrogens is 1. The van der Waals surface area contributed by atoms with Crippen LogP contribution < -0.4 is 5.32 Å². The first-order valence-corrected chi connectivity index (χ1v) is 13.7. The summed E-state index contributed by atoms with van der Waals surface area (Å²) in [7, 11) is 0. The number of amides is 3. The number of rotatable bonds is 6. The molecule has 1 aromatic heterocycles. The number of carboxylic acids is 1. The molecule has 1 saturated heterocycles. The van der Waals surface area contributed by atoms with Crippen LogP contribution in [0.25, 0.3) is 10.9 Å². The van der Waals surface area contributed by atoms with E-state index >= 15 is 0 Å². The summed E-state index contributed by atoms with van der Waals surface area (Å²) in [5, 5.41) is 13.6. The van der Waals surface area contributed by atoms with Crippen molar-refractivity contribution in [3.8, 4) is 0 Å². The van der Waals surface area contributed by atoms with Gasteiger partial charge in [-0.1, -0.05) is 56.7 Å². The van der Waals surface area contributed by atoms with Crippen LogP contribution in [0, 0.1) is 5.92 Å². The minimum absolute atomic E-state index is 0.211. The van der Waals surface area contributed by atoms with E-state index in [-0.39, 0.29) is 17.7 Å². The molecule has 0 radical (unpaired) electrons. The first-order chi connectivity index (χ1) is 18.8. The van der Waals surface area contributed by atoms with Crippen LogP contribution in [0.3, 0.4) is 0 Å². The monoisotopic (exact) mass is 528 g/mol. The Hall–Kier alpha value is -4.14. The van der Waals surface area contributed by atoms with E-state index in [1.165, 1.54) is 4.90 Å². The first-order valence-electron chi connectivity index (χ1n) is 13.7. The summed E-state index contributed by atoms with van der Waals surface area (Å²) in [6.07, 6.45) is 1.94. The average molecular weight is 529 g/mol. The second-order valence-electron chi connectivity index (χ2n) is 10.9. The molecule has 3 N–H and O–H groups in total. The third kappa shape index (κ3) is 3.90. The predicted octanol–water partition coefficient (Wildman–Crippen LogP) is 3.24. The molecule has 1 fully saturated rings. The summed E-state index contributed by atoms with van der Waals surface area (Å²) in [4.78, 5) is 59.7. The number of fused-ring (bicyclic) bond motifs is 7. The van der Waals surface area contributed by atoms with Crippen LogP contribution in [0.4, 0.5) is 0 Å². The topological polar surface area (TPSA) is 123 Å². The Kier molecular flexibility index (Phi) is 6.16. The van der Waals surface area contributed by atoms with Crippen molar-refractivity contribution < 1.29 is 24.3 Å². The largest absolute Gasteiger partial charge is 0.480 e. The Bertz CT molecular complexity index is 1500. The van der Waals surface area contributed by atoms with E-state index in [9.17, 15) is 24.3 Å². The number of aliphatic carboxylic acids is 1. The molecule has 2 aromatic carbocycles. The molecule has 0 saturated carbocycles. The molecule has 9 heteroatoms. The summed E-state index contributed by atoms with van der Waals surface area (Å²) < 4.78 is 0. The zero-order valence-corrected chi connectivity index (χ0v) is 22.0. The van der Waals surface area contributed by atoms with Gasteiger partial charge in [-0.25, -0.2) is 4.79 Å². The second kappa shape index (κ2) is 9.55. The number of likely N-dealkylation sites (tertiary alicyclic amines) is 1. The van der Waals surface area contributed by atoms with Crippen LogP contribution in [0.15, 0.2) is 48.5 Å². The number of hydrogen-bond acceptors (Lipinski definition) is 4. The molecule has 9 nitrogen and oxygen atoms in total. The number of carbonyl (C=O) groups excluding carboxylic acids is 3. The van der Waals surface area contributed by atoms with Crippen molar-refractivity contribution in [2.24, 2.45) is 5.92 Å². The van der Waals surface area contributed by atoms with Gasteiger partial charge in [0, 0.05) is 35.1 Å². The molecule has 0 bridgehead atoms. The maximum absolute atomic E-state index is 14.1. The lowest BCUT2D eigenvalue weighted by molar-refractivity contribution is -0.150. The minimum atomic E-state index is -1.03. The number of carboxylic acid groups (broad SMARTS) is 1. The zero-order chi connectivity index (χ0) is 27.4. The molecule has 39 heavy (non-hydrogen) atoms. The van der Waals surface area contributed by atoms with Crippen molar-refractivity contribution in [3.63, 3.8) is 0 Å². The number of benzene rings is 2. The quantitative estimate of drug-likeness (QED) is 0.453. The zero-order valence-electron chi connectivity index (χ0n) is 22.0. The summed E-state index contributed by atoms with van der Waals surface area (Å²) in [6.45, 7) is 4.17. The Morgan fingerprint density at radius 1 is 1.10 bits per heavy atom. The van der Waals surface area contributed by atoms with Gasteiger partial charge in [0.25, 0.3) is 5.91 Å². The number of nitrogens with zero attached hydrogens (tertiary/aromatic N) is 2. The average Bonchev–Trinajstić information content (AvgIpc) is 3.65. The normalized spacial score (nSPS) is 23.2. The van der Waals surface area contributed by atoms with Crippen LogP contribution in [0.1, 0.15) is 66.3 Å². The standard InChI is InChI=1S/C30H32N4O5/c1-3-16(2)24(29(37)33-14-8-13-22(33)30(38)39)32-27(35)23-15-20-17-9-6-7-12-21(17)31-25(20)26-18-10-4-5-11-19(18)28(36)34(23)26/h4-7,9-12,16,22-24,26,31H,3,8,13-15H2,1-2H3,(H,32,35)(H,38,39)/t16-,22+,23+,24+,26+/m1/s1. The number of para-hydroxylation sites is 1. The fourth-order valence-electron chi connectivity index (χ4n) is 6.54. The SMILES string of the molecule is CC[C@@H](C)[C@H](NC(=O)[C@@H]1Cc2c([nH]c3ccccc23)[C@@H]2c3ccccc3C(=O)N21)C(=O)N1CCC[C@H]1C(=O)O. The van der Waals surface area contributed by atoms with E-state index in [1.807, 2.05) is 56.3 Å². The molecule has 202 valence electrons. The van der Waals surface area contributed by atoms with Crippen molar-refractivity contribution in [3.05, 3.63) is 70.9 Å². The lowest BCUT2D eigenvalue weighted by Gasteiger charge is -2.38. The molecule has 3 aliphatic rings. The van der Waals surface area contributed by atoms with Gasteiger partial charge in [0.2, 0.25) is 11.8 Å². The highest BCUT2D eigenvalue weighted by Gasteiger charge is 2.50. The maximum atomic E-state index is 14.1. The predicted molar refractivity (Wildman–Crippen MR) is 144 cm³/mol. The molecule has 0 aliphatic carbocycles. The van der Waals surface area contributed by atoms with Gasteiger partial charge >= 0.3 is 5.97 Å². The number of carbonyl (C=O) groups is 4. The van der Waals surface area contributed by atoms with Crippen LogP contribution in [-0.4, -0.2) is 68.3 Å². The molecular formula is C30H32N4O5. The minimum Gasteiger partial charge on any atom is -0.480 e. The van der Waals surface area contributed by atoms with E-state index in [0.717, 1.165) is 27.7 Å². The highest BCUT2D eigenvalue weighted by atomic mass is 16.4. The van der Waals surface area contributed by atoms with E-state index in [4.69, 9.17) is 0 Å². The van der Waals surface area contributed by atoms with Gasteiger partial charge in [0.1, 0.15) is 18.1 Å². The van der Waals surface area contributed by atoms with E-state index in [1.54, 1.807) is 11.0 Å². The molecule has 4 heterocycles. The summed E-state index contributed by atoms with van der Waals surface area (Å²) in [6, 6.07) is 12.3. The van der Waals surface area contributed by atoms with Crippen LogP contribution >= 0.6 is 0 Å². The van der Waals surface area contributed by atoms with Gasteiger partial charge in [-0.05, 0) is 42.0 Å². The molecule has 5 atom stereocenters. The van der Waals surface area contributed by atoms with Gasteiger partial charge in [-0.15, -0.1) is 0 Å². The Morgan fingerprint density at radius 2 is 1.85 bits per heavy atom. The van der Waals surface area contributed by atoms with Gasteiger partial charge in [-0.3, -0.25) is 14.4 Å². The van der Waals surface area contributed by atoms with Crippen molar-refractivity contribution in [1.29, 1.82) is 0 Å². The summed E-state index contributed by atoms with van der Waals surface area (Å²) >= 11 is 0. The van der Waals surface area contributed by atoms with E-state index < -0.39 is 36.0 Å². The van der Waals surface area contributed by atoms with Crippen LogP contribution in [0.5, 0.6) is 0 Å². The first kappa shape index (κ1) is 25.2. The van der Waals surface area contributed by atoms with E-state index in [2.05, 4.69) is 10.3 Å². The van der Waals surface area contributed by atoms with Crippen molar-refractivity contribution in [2.45, 2.75) is 63.7 Å². The molecular weight excluding hydrogens is 496 g/mol. The fourth-order valence-corrected chi connectivity index (χ4v) is 6.54. The summed E-state index contributed by atoms with van der Waals surface area (Å²) in [5.41, 5.74) is 4.27. The second-order valence-corrected chi connectivity index (χ2v) is 10.9. The number of aromatic amines is 1. The van der Waals surface area contributed by atoms with Crippen LogP contribution in [-0.2, 0) is 20.8 Å². The van der Waals surface area contributed by atoms with Gasteiger partial charge in [0.15, 0.2) is 0 Å². The third-order valence-electron chi connectivity index (χ3n) is 8.75. The lowest BCUT2D eigenvalue weighted by atomic mass is 9.89. The highest BCUT2D eigenvalue weighted by Crippen LogP contribution is 2.46. The molecule has 3 aliphatic heterocycles. The Balaban J connectivity index is 1.37. The number of nitrogens with one attached hydrogen (secondary N) is 2. The highest BCUT2D eigenvalue weighted by molar-refractivity contribution is 6.04. The van der Waals surface area contributed by atoms with Gasteiger partial charge < -0.3 is 25.2 Å². The van der Waals surface area contributed by atoms with Crippen molar-refractivity contribution in [2.75, 3.05) is 6.54 Å². The van der Waals surface area contributed by atoms with Crippen molar-refractivity contribution >= 4 is 34.6 Å². The molecule has 6 rings (SSSR count). The molecule has 3 aromatic rings. The maximum Gasteiger partial charge on any atom is 0.326 e. The van der Waals surface area contributed by atoms with Gasteiger partial charge in [-0.2, -0.15) is 0 Å². The Morgan fingerprint density at radius 3 is 2.62 bits per heavy atom. The van der Waals surface area contributed by atoms with Gasteiger partial charge in [0.05, 0.1) is 6.04 Å². The molecule has 3 amide bonds. The number of aromatic nitrogens is 1. The Labute approximate surface area is 226 Å². The summed E-state index contributed by atoms with van der Waals surface area (Å²) in [5.74, 6) is -2.24. The number of hydrogen-bond donors (Lipinski definition) is 3. The smallest absolute Gasteiger partial charge is 0.326 e. The molecule has 0 unspecified atom stereocenters. The molecule has 0 spiro atoms. The van der Waals surface area contributed by atoms with Crippen LogP contribution in [0.2, 0.25) is 0 Å². The van der Waals surface area contributed by atoms with E-state index in [0.29, 0.717) is 37.8 Å². The lowest BCUT2D eigenvalue weighted by Crippen LogP contribution is -2.59. The van der Waals surface area contributed by atoms with Crippen molar-refractivity contribution in [1.82, 2.24) is 20.1 Å². The fraction of sp³-hybridized carbons (Fsp3) is 0.400. The third-order valence-corrected chi connectivity index (χ3v) is 8.75.